The highest BCUT2D eigenvalue weighted by Gasteiger charge is 2.23. The molecule has 0 N–H and O–H groups in total. The number of esters is 1. The Balaban J connectivity index is 1.09. The summed E-state index contributed by atoms with van der Waals surface area (Å²) in [5.74, 6) is 0.288. The molecule has 246 valence electrons. The van der Waals surface area contributed by atoms with E-state index in [9.17, 15) is 13.6 Å². The molecule has 0 aliphatic heterocycles. The van der Waals surface area contributed by atoms with Crippen molar-refractivity contribution in [3.8, 4) is 5.88 Å². The summed E-state index contributed by atoms with van der Waals surface area (Å²) in [5, 5.41) is 0.753. The number of carbonyl (C=O) groups excluding carboxylic acids is 1. The van der Waals surface area contributed by atoms with Crippen molar-refractivity contribution in [2.75, 3.05) is 7.11 Å². The van der Waals surface area contributed by atoms with Crippen LogP contribution in [0.4, 0.5) is 8.78 Å². The van der Waals surface area contributed by atoms with E-state index < -0.39 is 17.8 Å². The molecule has 0 fully saturated rings. The van der Waals surface area contributed by atoms with E-state index in [2.05, 4.69) is 37.1 Å². The van der Waals surface area contributed by atoms with Gasteiger partial charge < -0.3 is 23.0 Å². The van der Waals surface area contributed by atoms with E-state index in [0.29, 0.717) is 46.7 Å². The first-order chi connectivity index (χ1) is 23.3. The number of nitrogens with zero attached hydrogens (tertiary/aromatic N) is 6. The largest absolute Gasteiger partial charge is 0.470 e. The van der Waals surface area contributed by atoms with Gasteiger partial charge in [0.1, 0.15) is 18.0 Å². The molecule has 4 heterocycles. The smallest absolute Gasteiger partial charge is 0.337 e. The third kappa shape index (κ3) is 6.15. The van der Waals surface area contributed by atoms with Crippen molar-refractivity contribution >= 4 is 45.1 Å². The SMILES string of the molecule is CCn1cncc1Cn1c(CC2CC=C(c3ncc(F)c(OCc4ccc(Cl)c5cc(F)oc45)n3)CC2)nc2ccc(C(=O)OC)cc21. The molecule has 0 spiro atoms. The number of ether oxygens (including phenoxy) is 2. The van der Waals surface area contributed by atoms with Gasteiger partial charge in [-0.2, -0.15) is 13.8 Å². The first-order valence-corrected chi connectivity index (χ1v) is 16.0. The topological polar surface area (TPSA) is 110 Å². The van der Waals surface area contributed by atoms with Crippen LogP contribution in [0.2, 0.25) is 5.02 Å². The van der Waals surface area contributed by atoms with Crippen LogP contribution in [0.3, 0.4) is 0 Å². The minimum absolute atomic E-state index is 0.101. The molecule has 0 radical (unpaired) electrons. The van der Waals surface area contributed by atoms with Crippen LogP contribution < -0.4 is 4.74 Å². The van der Waals surface area contributed by atoms with Crippen molar-refractivity contribution in [3.05, 3.63) is 107 Å². The molecule has 1 aliphatic carbocycles. The van der Waals surface area contributed by atoms with E-state index in [-0.39, 0.29) is 24.0 Å². The van der Waals surface area contributed by atoms with Crippen LogP contribution in [0.5, 0.6) is 5.88 Å². The molecule has 1 atom stereocenters. The predicted molar refractivity (Wildman–Crippen MR) is 175 cm³/mol. The Morgan fingerprint density at radius 3 is 2.81 bits per heavy atom. The molecule has 0 saturated heterocycles. The van der Waals surface area contributed by atoms with Gasteiger partial charge >= 0.3 is 5.97 Å². The molecule has 0 saturated carbocycles. The van der Waals surface area contributed by atoms with Gasteiger partial charge in [0.2, 0.25) is 5.82 Å². The predicted octanol–water partition coefficient (Wildman–Crippen LogP) is 7.56. The number of benzene rings is 2. The van der Waals surface area contributed by atoms with Crippen molar-refractivity contribution in [2.45, 2.75) is 52.3 Å². The molecule has 1 aliphatic rings. The van der Waals surface area contributed by atoms with Gasteiger partial charge in [-0.3, -0.25) is 0 Å². The molecule has 48 heavy (non-hydrogen) atoms. The number of carbonyl (C=O) groups is 1. The lowest BCUT2D eigenvalue weighted by molar-refractivity contribution is 0.0601. The molecule has 6 aromatic rings. The molecule has 2 aromatic carbocycles. The Kier molecular flexibility index (Phi) is 8.65. The highest BCUT2D eigenvalue weighted by Crippen LogP contribution is 2.34. The van der Waals surface area contributed by atoms with E-state index >= 15 is 0 Å². The number of methoxy groups -OCH3 is 1. The Bertz CT molecular complexity index is 2190. The fraction of sp³-hybridized carbons (Fsp3) is 0.286. The lowest BCUT2D eigenvalue weighted by Crippen LogP contribution is -2.15. The summed E-state index contributed by atoms with van der Waals surface area (Å²) in [6.07, 6.45) is 9.86. The van der Waals surface area contributed by atoms with Gasteiger partial charge in [0.15, 0.2) is 5.82 Å². The summed E-state index contributed by atoms with van der Waals surface area (Å²) in [6.45, 7) is 3.31. The van der Waals surface area contributed by atoms with E-state index in [1.54, 1.807) is 18.2 Å². The van der Waals surface area contributed by atoms with Crippen molar-refractivity contribution < 1.29 is 27.5 Å². The number of hydrogen-bond donors (Lipinski definition) is 0. The summed E-state index contributed by atoms with van der Waals surface area (Å²) in [6, 6.07) is 9.09. The maximum Gasteiger partial charge on any atom is 0.337 e. The summed E-state index contributed by atoms with van der Waals surface area (Å²) < 4.78 is 48.6. The van der Waals surface area contributed by atoms with E-state index in [0.717, 1.165) is 53.7 Å². The highest BCUT2D eigenvalue weighted by molar-refractivity contribution is 6.35. The number of aromatic nitrogens is 6. The lowest BCUT2D eigenvalue weighted by atomic mass is 9.87. The fourth-order valence-electron chi connectivity index (χ4n) is 6.19. The number of halogens is 3. The molecule has 0 bridgehead atoms. The van der Waals surface area contributed by atoms with Gasteiger partial charge in [0.05, 0.1) is 53.5 Å². The second-order valence-corrected chi connectivity index (χ2v) is 12.1. The van der Waals surface area contributed by atoms with Crippen molar-refractivity contribution in [1.82, 2.24) is 29.1 Å². The number of aryl methyl sites for hydroxylation is 1. The molecule has 13 heteroatoms. The maximum atomic E-state index is 14.7. The Hall–Kier alpha value is -5.10. The van der Waals surface area contributed by atoms with Crippen LogP contribution in [0.25, 0.3) is 27.6 Å². The van der Waals surface area contributed by atoms with Crippen molar-refractivity contribution in [1.29, 1.82) is 0 Å². The summed E-state index contributed by atoms with van der Waals surface area (Å²) >= 11 is 6.16. The molecule has 4 aromatic heterocycles. The molecule has 7 rings (SSSR count). The van der Waals surface area contributed by atoms with Crippen molar-refractivity contribution in [3.63, 3.8) is 0 Å². The van der Waals surface area contributed by atoms with Crippen molar-refractivity contribution in [2.24, 2.45) is 5.92 Å². The zero-order valence-electron chi connectivity index (χ0n) is 26.3. The van der Waals surface area contributed by atoms with E-state index in [4.69, 9.17) is 30.5 Å². The molecule has 10 nitrogen and oxygen atoms in total. The highest BCUT2D eigenvalue weighted by atomic mass is 35.5. The van der Waals surface area contributed by atoms with Gasteiger partial charge in [-0.25, -0.2) is 19.7 Å². The molecular formula is C35H31ClF2N6O4. The van der Waals surface area contributed by atoms with Gasteiger partial charge in [0, 0.05) is 36.2 Å². The van der Waals surface area contributed by atoms with Crippen LogP contribution >= 0.6 is 11.6 Å². The zero-order valence-corrected chi connectivity index (χ0v) is 27.0. The Morgan fingerprint density at radius 1 is 1.15 bits per heavy atom. The zero-order chi connectivity index (χ0) is 33.4. The summed E-state index contributed by atoms with van der Waals surface area (Å²) in [5.41, 5.74) is 4.81. The second-order valence-electron chi connectivity index (χ2n) is 11.7. The minimum atomic E-state index is -0.772. The van der Waals surface area contributed by atoms with Crippen LogP contribution in [0.15, 0.2) is 65.6 Å². The summed E-state index contributed by atoms with van der Waals surface area (Å²) in [4.78, 5) is 30.3. The third-order valence-corrected chi connectivity index (χ3v) is 9.07. The van der Waals surface area contributed by atoms with Crippen LogP contribution in [0.1, 0.15) is 59.5 Å². The van der Waals surface area contributed by atoms with Crippen LogP contribution in [0, 0.1) is 17.7 Å². The standard InChI is InChI=1S/C35H31ClF2N6O4/c1-3-43-19-39-15-24(43)17-44-29-13-22(35(45)46-2)9-11-28(29)41-31(44)12-20-4-6-21(7-5-20)33-40-16-27(37)34(42-33)47-18-23-8-10-26(36)25-14-30(38)48-32(23)25/h6,8-11,13-16,19-20H,3-5,7,12,17-18H2,1-2H3. The molecular weight excluding hydrogens is 642 g/mol. The lowest BCUT2D eigenvalue weighted by Gasteiger charge is -2.22. The molecule has 0 amide bonds. The normalized spacial score (nSPS) is 14.9. The number of allylic oxidation sites excluding steroid dienone is 2. The quantitative estimate of drug-likeness (QED) is 0.137. The number of imidazole rings is 2. The third-order valence-electron chi connectivity index (χ3n) is 8.74. The van der Waals surface area contributed by atoms with Crippen LogP contribution in [-0.4, -0.2) is 42.1 Å². The van der Waals surface area contributed by atoms with Gasteiger partial charge in [-0.1, -0.05) is 23.7 Å². The maximum absolute atomic E-state index is 14.7. The second kappa shape index (κ2) is 13.2. The Labute approximate surface area is 279 Å². The minimum Gasteiger partial charge on any atom is -0.470 e. The average molecular weight is 673 g/mol. The van der Waals surface area contributed by atoms with E-state index in [1.165, 1.54) is 13.2 Å². The van der Waals surface area contributed by atoms with Gasteiger partial charge in [0.25, 0.3) is 11.9 Å². The van der Waals surface area contributed by atoms with E-state index in [1.807, 2.05) is 24.7 Å². The fourth-order valence-corrected chi connectivity index (χ4v) is 6.40. The summed E-state index contributed by atoms with van der Waals surface area (Å²) in [7, 11) is 1.37. The molecule has 1 unspecified atom stereocenters. The van der Waals surface area contributed by atoms with Gasteiger partial charge in [-0.05, 0) is 61.9 Å². The number of rotatable bonds is 10. The first-order valence-electron chi connectivity index (χ1n) is 15.6. The average Bonchev–Trinajstić information content (AvgIpc) is 3.82. The number of hydrogen-bond acceptors (Lipinski definition) is 8. The number of fused-ring (bicyclic) bond motifs is 2. The monoisotopic (exact) mass is 672 g/mol. The Morgan fingerprint density at radius 2 is 2.02 bits per heavy atom. The number of furan rings is 1. The van der Waals surface area contributed by atoms with Crippen LogP contribution in [-0.2, 0) is 30.9 Å². The first kappa shape index (κ1) is 31.5. The van der Waals surface area contributed by atoms with Gasteiger partial charge in [-0.15, -0.1) is 0 Å².